The van der Waals surface area contributed by atoms with Crippen LogP contribution < -0.4 is 5.73 Å². The highest BCUT2D eigenvalue weighted by atomic mass is 19.4. The first-order valence-corrected chi connectivity index (χ1v) is 7.52. The van der Waals surface area contributed by atoms with Crippen LogP contribution >= 0.6 is 0 Å². The lowest BCUT2D eigenvalue weighted by atomic mass is 9.84. The molecule has 0 aromatic heterocycles. The predicted molar refractivity (Wildman–Crippen MR) is 87.7 cm³/mol. The van der Waals surface area contributed by atoms with Gasteiger partial charge in [-0.05, 0) is 23.8 Å². The number of alkyl halides is 3. The van der Waals surface area contributed by atoms with Crippen LogP contribution in [-0.2, 0) is 11.3 Å². The lowest BCUT2D eigenvalue weighted by Gasteiger charge is -2.25. The number of hydrogen-bond acceptors (Lipinski definition) is 5. The van der Waals surface area contributed by atoms with Gasteiger partial charge in [0.25, 0.3) is 0 Å². The molecule has 0 radical (unpaired) electrons. The van der Waals surface area contributed by atoms with Crippen molar-refractivity contribution in [2.75, 3.05) is 0 Å². The maximum Gasteiger partial charge on any atom is 0.442 e. The molecule has 0 aliphatic carbocycles. The van der Waals surface area contributed by atoms with Crippen LogP contribution in [0.5, 0.6) is 0 Å². The van der Waals surface area contributed by atoms with Gasteiger partial charge in [-0.3, -0.25) is 0 Å². The van der Waals surface area contributed by atoms with Crippen molar-refractivity contribution < 1.29 is 18.3 Å². The minimum Gasteiger partial charge on any atom is -0.384 e. The van der Waals surface area contributed by atoms with Gasteiger partial charge in [-0.25, -0.2) is 4.99 Å². The molecule has 1 atom stereocenters. The Bertz CT molecular complexity index is 1010. The molecule has 1 unspecified atom stereocenters. The molecule has 2 heterocycles. The molecule has 0 saturated heterocycles. The molecular weight excluding hydrogens is 345 g/mol. The number of aliphatic imine (C=N–C) groups is 1. The van der Waals surface area contributed by atoms with Crippen molar-refractivity contribution in [3.63, 3.8) is 0 Å². The zero-order valence-electron chi connectivity index (χ0n) is 13.1. The monoisotopic (exact) mass is 356 g/mol. The topological polar surface area (TPSA) is 83.3 Å². The first kappa shape index (κ1) is 16.3. The smallest absolute Gasteiger partial charge is 0.384 e. The van der Waals surface area contributed by atoms with E-state index in [1.54, 1.807) is 18.2 Å². The van der Waals surface area contributed by atoms with E-state index in [2.05, 4.69) is 21.1 Å². The summed E-state index contributed by atoms with van der Waals surface area (Å²) < 4.78 is 39.3. The summed E-state index contributed by atoms with van der Waals surface area (Å²) in [7, 11) is 0. The standard InChI is InChI=1S/C18H11F3N4O/c1-2-10-3-8-14-13(9-10)16(26,15(22)23-14)11-4-6-12(7-5-11)17(24-25-17)18(19,20)21/h1,3-9,26H,(H2,22,23). The maximum atomic E-state index is 13.1. The minimum atomic E-state index is -4.62. The van der Waals surface area contributed by atoms with Gasteiger partial charge >= 0.3 is 11.8 Å². The zero-order chi connectivity index (χ0) is 18.7. The highest BCUT2D eigenvalue weighted by molar-refractivity contribution is 6.00. The Balaban J connectivity index is 1.78. The Kier molecular flexibility index (Phi) is 3.09. The molecule has 2 aliphatic heterocycles. The van der Waals surface area contributed by atoms with E-state index in [-0.39, 0.29) is 17.0 Å². The molecule has 130 valence electrons. The van der Waals surface area contributed by atoms with Crippen LogP contribution in [0.1, 0.15) is 22.3 Å². The van der Waals surface area contributed by atoms with Gasteiger partial charge in [0.2, 0.25) is 0 Å². The van der Waals surface area contributed by atoms with Gasteiger partial charge < -0.3 is 10.8 Å². The minimum absolute atomic E-state index is 0.0826. The molecular formula is C18H11F3N4O. The lowest BCUT2D eigenvalue weighted by molar-refractivity contribution is -0.166. The third-order valence-electron chi connectivity index (χ3n) is 4.57. The summed E-state index contributed by atoms with van der Waals surface area (Å²) in [4.78, 5) is 4.14. The van der Waals surface area contributed by atoms with Gasteiger partial charge in [0, 0.05) is 16.7 Å². The van der Waals surface area contributed by atoms with Gasteiger partial charge in [0.05, 0.1) is 5.69 Å². The summed E-state index contributed by atoms with van der Waals surface area (Å²) in [5, 5.41) is 17.5. The van der Waals surface area contributed by atoms with Crippen LogP contribution in [0.15, 0.2) is 57.7 Å². The van der Waals surface area contributed by atoms with Crippen LogP contribution in [-0.4, -0.2) is 17.1 Å². The largest absolute Gasteiger partial charge is 0.442 e. The molecule has 5 nitrogen and oxygen atoms in total. The number of halogens is 3. The first-order chi connectivity index (χ1) is 12.2. The summed E-state index contributed by atoms with van der Waals surface area (Å²) in [6.07, 6.45) is 0.776. The normalized spacial score (nSPS) is 22.5. The molecule has 0 bridgehead atoms. The summed E-state index contributed by atoms with van der Waals surface area (Å²) >= 11 is 0. The lowest BCUT2D eigenvalue weighted by Crippen LogP contribution is -2.39. The molecule has 4 rings (SSSR count). The van der Waals surface area contributed by atoms with Crippen LogP contribution in [0.3, 0.4) is 0 Å². The van der Waals surface area contributed by atoms with Gasteiger partial charge in [-0.2, -0.15) is 13.2 Å². The number of hydrogen-bond donors (Lipinski definition) is 2. The van der Waals surface area contributed by atoms with Crippen LogP contribution in [0.25, 0.3) is 0 Å². The van der Waals surface area contributed by atoms with Crippen molar-refractivity contribution in [1.82, 2.24) is 0 Å². The number of aliphatic hydroxyl groups is 1. The number of amidine groups is 1. The van der Waals surface area contributed by atoms with Crippen LogP contribution in [0.2, 0.25) is 0 Å². The first-order valence-electron chi connectivity index (χ1n) is 7.52. The molecule has 2 aromatic rings. The Morgan fingerprint density at radius 3 is 2.19 bits per heavy atom. The van der Waals surface area contributed by atoms with E-state index >= 15 is 0 Å². The second kappa shape index (κ2) is 4.93. The third-order valence-corrected chi connectivity index (χ3v) is 4.57. The van der Waals surface area contributed by atoms with E-state index in [0.717, 1.165) is 0 Å². The van der Waals surface area contributed by atoms with Gasteiger partial charge in [-0.15, -0.1) is 16.7 Å². The second-order valence-corrected chi connectivity index (χ2v) is 6.03. The van der Waals surface area contributed by atoms with Crippen molar-refractivity contribution in [3.05, 3.63) is 64.7 Å². The number of fused-ring (bicyclic) bond motifs is 1. The summed E-state index contributed by atoms with van der Waals surface area (Å²) in [5.74, 6) is 2.38. The van der Waals surface area contributed by atoms with Crippen LogP contribution in [0, 0.1) is 12.3 Å². The Morgan fingerprint density at radius 1 is 1.04 bits per heavy atom. The average molecular weight is 356 g/mol. The van der Waals surface area contributed by atoms with Gasteiger partial charge in [0.15, 0.2) is 5.60 Å². The summed E-state index contributed by atoms with van der Waals surface area (Å²) in [6, 6.07) is 10.0. The summed E-state index contributed by atoms with van der Waals surface area (Å²) in [6.45, 7) is 0. The van der Waals surface area contributed by atoms with E-state index in [1.165, 1.54) is 24.3 Å². The number of rotatable bonds is 2. The molecule has 2 aliphatic rings. The molecule has 0 saturated carbocycles. The van der Waals surface area contributed by atoms with Gasteiger partial charge in [-0.1, -0.05) is 30.2 Å². The highest BCUT2D eigenvalue weighted by Crippen LogP contribution is 2.52. The van der Waals surface area contributed by atoms with Crippen molar-refractivity contribution in [2.45, 2.75) is 17.4 Å². The molecule has 26 heavy (non-hydrogen) atoms. The number of benzene rings is 2. The van der Waals surface area contributed by atoms with Crippen molar-refractivity contribution in [2.24, 2.45) is 21.0 Å². The fraction of sp³-hybridized carbons (Fsp3) is 0.167. The molecule has 8 heteroatoms. The molecule has 2 aromatic carbocycles. The Labute approximate surface area is 146 Å². The van der Waals surface area contributed by atoms with Crippen molar-refractivity contribution in [3.8, 4) is 12.3 Å². The molecule has 0 fully saturated rings. The predicted octanol–water partition coefficient (Wildman–Crippen LogP) is 3.09. The summed E-state index contributed by atoms with van der Waals surface area (Å²) in [5.41, 5.74) is 3.12. The quantitative estimate of drug-likeness (QED) is 0.811. The number of nitrogens with two attached hydrogens (primary N) is 1. The number of nitrogens with zero attached hydrogens (tertiary/aromatic N) is 3. The fourth-order valence-electron chi connectivity index (χ4n) is 3.05. The molecule has 3 N–H and O–H groups in total. The van der Waals surface area contributed by atoms with E-state index in [1.807, 2.05) is 0 Å². The maximum absolute atomic E-state index is 13.1. The Morgan fingerprint density at radius 2 is 1.65 bits per heavy atom. The van der Waals surface area contributed by atoms with E-state index in [0.29, 0.717) is 16.8 Å². The second-order valence-electron chi connectivity index (χ2n) is 6.03. The zero-order valence-corrected chi connectivity index (χ0v) is 13.1. The van der Waals surface area contributed by atoms with E-state index < -0.39 is 17.4 Å². The Hall–Kier alpha value is -3.18. The fourth-order valence-corrected chi connectivity index (χ4v) is 3.05. The van der Waals surface area contributed by atoms with E-state index in [9.17, 15) is 18.3 Å². The highest BCUT2D eigenvalue weighted by Gasteiger charge is 2.65. The molecule has 0 spiro atoms. The van der Waals surface area contributed by atoms with E-state index in [4.69, 9.17) is 12.2 Å². The van der Waals surface area contributed by atoms with Crippen molar-refractivity contribution >= 4 is 11.5 Å². The van der Waals surface area contributed by atoms with Crippen molar-refractivity contribution in [1.29, 1.82) is 0 Å². The number of terminal acetylenes is 1. The molecule has 0 amide bonds. The SMILES string of the molecule is C#Cc1ccc2c(c1)C(O)(c1ccc(C3(C(F)(F)F)N=N3)cc1)C(N)=N2. The average Bonchev–Trinajstić information content (AvgIpc) is 3.39. The van der Waals surface area contributed by atoms with Crippen LogP contribution in [0.4, 0.5) is 18.9 Å². The third kappa shape index (κ3) is 2.01. The van der Waals surface area contributed by atoms with Gasteiger partial charge in [0.1, 0.15) is 5.84 Å².